The SMILES string of the molecule is CCCc1c(C)ccc(Nc2cccc3c2C2(OC(=O)c4ccccc42)c2cc(N)ccc2O3)c1C. The lowest BCUT2D eigenvalue weighted by Gasteiger charge is -2.38. The molecule has 2 aliphatic heterocycles. The van der Waals surface area contributed by atoms with Gasteiger partial charge in [-0.25, -0.2) is 4.79 Å². The van der Waals surface area contributed by atoms with Crippen molar-refractivity contribution in [3.05, 3.63) is 112 Å². The maximum absolute atomic E-state index is 13.2. The third kappa shape index (κ3) is 3.12. The number of hydrogen-bond donors (Lipinski definition) is 2. The summed E-state index contributed by atoms with van der Waals surface area (Å²) in [7, 11) is 0. The van der Waals surface area contributed by atoms with Crippen LogP contribution in [0.25, 0.3) is 0 Å². The second-order valence-corrected chi connectivity index (χ2v) is 9.56. The van der Waals surface area contributed by atoms with Crippen LogP contribution in [0.15, 0.2) is 72.8 Å². The second kappa shape index (κ2) is 8.16. The second-order valence-electron chi connectivity index (χ2n) is 9.56. The molecule has 36 heavy (non-hydrogen) atoms. The molecule has 0 amide bonds. The lowest BCUT2D eigenvalue weighted by Crippen LogP contribution is -2.34. The third-order valence-corrected chi connectivity index (χ3v) is 7.36. The highest BCUT2D eigenvalue weighted by Gasteiger charge is 2.54. The Kier molecular flexibility index (Phi) is 5.04. The minimum Gasteiger partial charge on any atom is -0.456 e. The molecule has 2 heterocycles. The Hall–Kier alpha value is -4.25. The number of carbonyl (C=O) groups is 1. The molecule has 0 radical (unpaired) electrons. The van der Waals surface area contributed by atoms with E-state index in [1.165, 1.54) is 16.7 Å². The van der Waals surface area contributed by atoms with Gasteiger partial charge in [-0.05, 0) is 79.4 Å². The van der Waals surface area contributed by atoms with E-state index in [1.807, 2.05) is 54.6 Å². The first-order chi connectivity index (χ1) is 17.4. The average Bonchev–Trinajstić information content (AvgIpc) is 3.17. The smallest absolute Gasteiger partial charge is 0.340 e. The molecule has 3 N–H and O–H groups in total. The van der Waals surface area contributed by atoms with Gasteiger partial charge in [-0.15, -0.1) is 0 Å². The van der Waals surface area contributed by atoms with Gasteiger partial charge in [0.1, 0.15) is 11.5 Å². The molecule has 0 saturated carbocycles. The van der Waals surface area contributed by atoms with E-state index < -0.39 is 5.60 Å². The van der Waals surface area contributed by atoms with Crippen molar-refractivity contribution in [2.45, 2.75) is 39.2 Å². The summed E-state index contributed by atoms with van der Waals surface area (Å²) in [4.78, 5) is 13.2. The number of hydrogen-bond acceptors (Lipinski definition) is 5. The van der Waals surface area contributed by atoms with E-state index >= 15 is 0 Å². The normalized spacial score (nSPS) is 17.1. The van der Waals surface area contributed by atoms with Gasteiger partial charge in [-0.2, -0.15) is 0 Å². The number of rotatable bonds is 4. The number of carbonyl (C=O) groups excluding carboxylic acids is 1. The Labute approximate surface area is 210 Å². The van der Waals surface area contributed by atoms with Crippen molar-refractivity contribution >= 4 is 23.0 Å². The molecule has 0 fully saturated rings. The van der Waals surface area contributed by atoms with Gasteiger partial charge in [0.2, 0.25) is 0 Å². The monoisotopic (exact) mass is 476 g/mol. The van der Waals surface area contributed by atoms with E-state index in [0.717, 1.165) is 40.9 Å². The van der Waals surface area contributed by atoms with E-state index in [9.17, 15) is 4.79 Å². The molecule has 4 aromatic rings. The van der Waals surface area contributed by atoms with Crippen LogP contribution in [0.2, 0.25) is 0 Å². The number of anilines is 3. The fraction of sp³-hybridized carbons (Fsp3) is 0.194. The fourth-order valence-electron chi connectivity index (χ4n) is 5.66. The van der Waals surface area contributed by atoms with E-state index in [1.54, 1.807) is 6.07 Å². The molecule has 2 aliphatic rings. The number of esters is 1. The molecule has 0 aromatic heterocycles. The van der Waals surface area contributed by atoms with Gasteiger partial charge in [0.15, 0.2) is 5.60 Å². The molecule has 6 rings (SSSR count). The van der Waals surface area contributed by atoms with Crippen LogP contribution < -0.4 is 15.8 Å². The van der Waals surface area contributed by atoms with Crippen LogP contribution in [-0.4, -0.2) is 5.97 Å². The topological polar surface area (TPSA) is 73.6 Å². The number of nitrogens with two attached hydrogens (primary N) is 1. The highest BCUT2D eigenvalue weighted by atomic mass is 16.6. The zero-order valence-corrected chi connectivity index (χ0v) is 20.6. The standard InChI is InChI=1S/C31H28N2O3/c1-4-8-21-18(2)13-15-25(19(21)3)33-26-11-7-12-28-29(26)31(24-17-20(32)14-16-27(24)35-28)23-10-6-5-9-22(23)30(34)36-31/h5-7,9-17,33H,4,8,32H2,1-3H3. The molecule has 1 atom stereocenters. The van der Waals surface area contributed by atoms with Gasteiger partial charge in [0.05, 0.1) is 16.8 Å². The van der Waals surface area contributed by atoms with Gasteiger partial charge in [0.25, 0.3) is 0 Å². The van der Waals surface area contributed by atoms with Crippen LogP contribution in [0.1, 0.15) is 57.1 Å². The van der Waals surface area contributed by atoms with Gasteiger partial charge < -0.3 is 20.5 Å². The predicted octanol–water partition coefficient (Wildman–Crippen LogP) is 7.15. The van der Waals surface area contributed by atoms with Gasteiger partial charge in [0, 0.05) is 22.5 Å². The maximum Gasteiger partial charge on any atom is 0.340 e. The highest BCUT2D eigenvalue weighted by Crippen LogP contribution is 2.58. The molecular weight excluding hydrogens is 448 g/mol. The summed E-state index contributed by atoms with van der Waals surface area (Å²) in [6.07, 6.45) is 2.10. The van der Waals surface area contributed by atoms with E-state index in [-0.39, 0.29) is 5.97 Å². The van der Waals surface area contributed by atoms with Gasteiger partial charge >= 0.3 is 5.97 Å². The lowest BCUT2D eigenvalue weighted by atomic mass is 9.76. The number of aryl methyl sites for hydroxylation is 1. The van der Waals surface area contributed by atoms with E-state index in [0.29, 0.717) is 22.7 Å². The molecule has 4 aromatic carbocycles. The van der Waals surface area contributed by atoms with Crippen molar-refractivity contribution in [1.29, 1.82) is 0 Å². The minimum atomic E-state index is -1.18. The lowest BCUT2D eigenvalue weighted by molar-refractivity contribution is 0.0227. The molecule has 0 bridgehead atoms. The zero-order chi connectivity index (χ0) is 25.0. The summed E-state index contributed by atoms with van der Waals surface area (Å²) in [5, 5.41) is 3.67. The van der Waals surface area contributed by atoms with Crippen molar-refractivity contribution in [3.63, 3.8) is 0 Å². The minimum absolute atomic E-state index is 0.363. The van der Waals surface area contributed by atoms with Crippen molar-refractivity contribution < 1.29 is 14.3 Å². The molecule has 5 heteroatoms. The predicted molar refractivity (Wildman–Crippen MR) is 142 cm³/mol. The summed E-state index contributed by atoms with van der Waals surface area (Å²) in [5.74, 6) is 0.897. The fourth-order valence-corrected chi connectivity index (χ4v) is 5.66. The largest absolute Gasteiger partial charge is 0.456 e. The molecule has 0 aliphatic carbocycles. The van der Waals surface area contributed by atoms with E-state index in [4.69, 9.17) is 15.2 Å². The Morgan fingerprint density at radius 2 is 1.72 bits per heavy atom. The zero-order valence-electron chi connectivity index (χ0n) is 20.6. The third-order valence-electron chi connectivity index (χ3n) is 7.36. The summed E-state index contributed by atoms with van der Waals surface area (Å²) >= 11 is 0. The quantitative estimate of drug-likeness (QED) is 0.242. The van der Waals surface area contributed by atoms with E-state index in [2.05, 4.69) is 38.2 Å². The first-order valence-electron chi connectivity index (χ1n) is 12.3. The molecular formula is C31H28N2O3. The van der Waals surface area contributed by atoms with Crippen molar-refractivity contribution in [1.82, 2.24) is 0 Å². The van der Waals surface area contributed by atoms with Crippen LogP contribution in [-0.2, 0) is 16.8 Å². The summed E-state index contributed by atoms with van der Waals surface area (Å²) in [6.45, 7) is 6.51. The van der Waals surface area contributed by atoms with Crippen molar-refractivity contribution in [2.24, 2.45) is 0 Å². The van der Waals surface area contributed by atoms with Crippen LogP contribution in [0.5, 0.6) is 11.5 Å². The Morgan fingerprint density at radius 1 is 0.889 bits per heavy atom. The number of nitrogen functional groups attached to an aromatic ring is 1. The number of benzene rings is 4. The Balaban J connectivity index is 1.61. The number of nitrogens with one attached hydrogen (secondary N) is 1. The van der Waals surface area contributed by atoms with Crippen LogP contribution in [0, 0.1) is 13.8 Å². The highest BCUT2D eigenvalue weighted by molar-refractivity contribution is 5.98. The van der Waals surface area contributed by atoms with Gasteiger partial charge in [-0.3, -0.25) is 0 Å². The van der Waals surface area contributed by atoms with Crippen molar-refractivity contribution in [2.75, 3.05) is 11.1 Å². The summed E-state index contributed by atoms with van der Waals surface area (Å²) in [5.41, 5.74) is 14.1. The first kappa shape index (κ1) is 22.2. The number of ether oxygens (including phenoxy) is 2. The molecule has 1 spiro atoms. The summed E-state index contributed by atoms with van der Waals surface area (Å²) < 4.78 is 12.7. The van der Waals surface area contributed by atoms with Crippen LogP contribution in [0.3, 0.4) is 0 Å². The Bertz CT molecular complexity index is 1540. The molecule has 180 valence electrons. The van der Waals surface area contributed by atoms with Crippen LogP contribution >= 0.6 is 0 Å². The average molecular weight is 477 g/mol. The Morgan fingerprint density at radius 3 is 2.56 bits per heavy atom. The molecule has 5 nitrogen and oxygen atoms in total. The summed E-state index contributed by atoms with van der Waals surface area (Å²) in [6, 6.07) is 23.2. The molecule has 1 unspecified atom stereocenters. The van der Waals surface area contributed by atoms with Gasteiger partial charge in [-0.1, -0.05) is 43.7 Å². The molecule has 0 saturated heterocycles. The maximum atomic E-state index is 13.2. The number of fused-ring (bicyclic) bond motifs is 6. The van der Waals surface area contributed by atoms with Crippen molar-refractivity contribution in [3.8, 4) is 11.5 Å². The van der Waals surface area contributed by atoms with Crippen LogP contribution in [0.4, 0.5) is 17.1 Å². The first-order valence-corrected chi connectivity index (χ1v) is 12.3.